The second-order valence-corrected chi connectivity index (χ2v) is 6.48. The molecule has 0 spiro atoms. The predicted octanol–water partition coefficient (Wildman–Crippen LogP) is 3.62. The molecule has 112 valence electrons. The van der Waals surface area contributed by atoms with Crippen LogP contribution >= 0.6 is 0 Å². The van der Waals surface area contributed by atoms with Gasteiger partial charge in [0.05, 0.1) is 6.04 Å². The number of carbonyl (C=O) groups is 2. The van der Waals surface area contributed by atoms with Gasteiger partial charge >= 0.3 is 6.03 Å². The molecule has 3 amide bonds. The molecule has 1 aliphatic heterocycles. The summed E-state index contributed by atoms with van der Waals surface area (Å²) < 4.78 is 0. The quantitative estimate of drug-likeness (QED) is 0.857. The summed E-state index contributed by atoms with van der Waals surface area (Å²) in [5.74, 6) is -0.180. The van der Waals surface area contributed by atoms with Crippen molar-refractivity contribution in [3.05, 3.63) is 47.2 Å². The molecule has 0 saturated carbocycles. The van der Waals surface area contributed by atoms with Crippen LogP contribution in [0.2, 0.25) is 0 Å². The van der Waals surface area contributed by atoms with E-state index in [4.69, 9.17) is 0 Å². The lowest BCUT2D eigenvalue weighted by Crippen LogP contribution is -2.52. The smallest absolute Gasteiger partial charge is 0.311 e. The van der Waals surface area contributed by atoms with Crippen LogP contribution in [0.15, 0.2) is 41.6 Å². The predicted molar refractivity (Wildman–Crippen MR) is 82.4 cm³/mol. The van der Waals surface area contributed by atoms with Gasteiger partial charge in [0.25, 0.3) is 0 Å². The second-order valence-electron chi connectivity index (χ2n) is 6.48. The highest BCUT2D eigenvalue weighted by Gasteiger charge is 2.40. The molecule has 1 aliphatic rings. The lowest BCUT2D eigenvalue weighted by molar-refractivity contribution is -0.138. The van der Waals surface area contributed by atoms with Crippen molar-refractivity contribution in [1.29, 1.82) is 0 Å². The van der Waals surface area contributed by atoms with Gasteiger partial charge in [0, 0.05) is 11.1 Å². The normalized spacial score (nSPS) is 19.6. The molecule has 4 nitrogen and oxygen atoms in total. The zero-order chi connectivity index (χ0) is 15.8. The van der Waals surface area contributed by atoms with E-state index in [1.54, 1.807) is 0 Å². The zero-order valence-corrected chi connectivity index (χ0v) is 13.2. The Morgan fingerprint density at radius 1 is 1.14 bits per heavy atom. The van der Waals surface area contributed by atoms with E-state index >= 15 is 0 Å². The summed E-state index contributed by atoms with van der Waals surface area (Å²) in [5, 5.41) is 2.78. The summed E-state index contributed by atoms with van der Waals surface area (Å²) >= 11 is 0. The first-order chi connectivity index (χ1) is 9.73. The molecule has 1 atom stereocenters. The molecule has 0 aliphatic carbocycles. The average Bonchev–Trinajstić information content (AvgIpc) is 2.41. The Morgan fingerprint density at radius 3 is 2.24 bits per heavy atom. The minimum atomic E-state index is -0.615. The molecule has 1 aromatic carbocycles. The molecule has 1 N–H and O–H groups in total. The van der Waals surface area contributed by atoms with Crippen molar-refractivity contribution in [2.45, 2.75) is 40.7 Å². The maximum absolute atomic E-state index is 12.7. The Balaban J connectivity index is 2.56. The Labute approximate surface area is 125 Å². The number of benzene rings is 1. The van der Waals surface area contributed by atoms with E-state index in [2.05, 4.69) is 5.32 Å². The fourth-order valence-electron chi connectivity index (χ4n) is 2.44. The average molecular weight is 286 g/mol. The van der Waals surface area contributed by atoms with Crippen molar-refractivity contribution in [2.75, 3.05) is 0 Å². The summed E-state index contributed by atoms with van der Waals surface area (Å²) in [6, 6.07) is 8.97. The third-order valence-electron chi connectivity index (χ3n) is 3.75. The molecular weight excluding hydrogens is 264 g/mol. The van der Waals surface area contributed by atoms with Crippen LogP contribution in [0, 0.1) is 5.41 Å². The first kappa shape index (κ1) is 15.3. The molecule has 21 heavy (non-hydrogen) atoms. The Bertz CT molecular complexity index is 597. The largest absolute Gasteiger partial charge is 0.329 e. The van der Waals surface area contributed by atoms with Crippen LogP contribution in [0.25, 0.3) is 0 Å². The summed E-state index contributed by atoms with van der Waals surface area (Å²) in [5.41, 5.74) is 2.13. The number of nitrogens with one attached hydrogen (secondary N) is 1. The number of allylic oxidation sites excluding steroid dienone is 1. The zero-order valence-electron chi connectivity index (χ0n) is 13.2. The molecule has 0 radical (unpaired) electrons. The first-order valence-corrected chi connectivity index (χ1v) is 7.10. The highest BCUT2D eigenvalue weighted by molar-refractivity contribution is 5.99. The third-order valence-corrected chi connectivity index (χ3v) is 3.75. The Kier molecular flexibility index (Phi) is 3.90. The van der Waals surface area contributed by atoms with E-state index < -0.39 is 5.41 Å². The summed E-state index contributed by atoms with van der Waals surface area (Å²) in [6.45, 7) is 9.29. The fraction of sp³-hybridized carbons (Fsp3) is 0.412. The lowest BCUT2D eigenvalue weighted by Gasteiger charge is -2.39. The molecule has 2 rings (SSSR count). The summed E-state index contributed by atoms with van der Waals surface area (Å²) in [7, 11) is 0. The van der Waals surface area contributed by atoms with Crippen molar-refractivity contribution in [3.8, 4) is 0 Å². The maximum atomic E-state index is 12.7. The summed E-state index contributed by atoms with van der Waals surface area (Å²) in [4.78, 5) is 26.4. The van der Waals surface area contributed by atoms with Crippen molar-refractivity contribution in [1.82, 2.24) is 10.2 Å². The summed E-state index contributed by atoms with van der Waals surface area (Å²) in [6.07, 6.45) is 0. The van der Waals surface area contributed by atoms with Crippen LogP contribution in [-0.4, -0.2) is 16.8 Å². The molecule has 0 fully saturated rings. The van der Waals surface area contributed by atoms with Gasteiger partial charge in [0.2, 0.25) is 5.91 Å². The van der Waals surface area contributed by atoms with Gasteiger partial charge in [-0.2, -0.15) is 0 Å². The molecule has 0 aromatic heterocycles. The SMILES string of the molecule is CC1=C(C)C(c2ccccc2)N(C(=O)C(C)(C)C)C(=O)N1. The van der Waals surface area contributed by atoms with Gasteiger partial charge < -0.3 is 5.32 Å². The monoisotopic (exact) mass is 286 g/mol. The van der Waals surface area contributed by atoms with E-state index in [9.17, 15) is 9.59 Å². The molecule has 0 saturated heterocycles. The highest BCUT2D eigenvalue weighted by atomic mass is 16.2. The molecule has 4 heteroatoms. The number of carbonyl (C=O) groups excluding carboxylic acids is 2. The fourth-order valence-corrected chi connectivity index (χ4v) is 2.44. The number of amides is 3. The van der Waals surface area contributed by atoms with Gasteiger partial charge in [-0.3, -0.25) is 9.69 Å². The highest BCUT2D eigenvalue weighted by Crippen LogP contribution is 2.35. The molecule has 1 aromatic rings. The number of nitrogens with zero attached hydrogens (tertiary/aromatic N) is 1. The Hall–Kier alpha value is -2.10. The van der Waals surface area contributed by atoms with Gasteiger partial charge in [0.15, 0.2) is 0 Å². The van der Waals surface area contributed by atoms with Gasteiger partial charge in [-0.15, -0.1) is 0 Å². The topological polar surface area (TPSA) is 49.4 Å². The van der Waals surface area contributed by atoms with Gasteiger partial charge in [-0.25, -0.2) is 4.79 Å². The number of hydrogen-bond acceptors (Lipinski definition) is 2. The van der Waals surface area contributed by atoms with Crippen LogP contribution in [-0.2, 0) is 4.79 Å². The van der Waals surface area contributed by atoms with Crippen molar-refractivity contribution in [3.63, 3.8) is 0 Å². The standard InChI is InChI=1S/C17H22N2O2/c1-11-12(2)18-16(21)19(15(20)17(3,4)5)14(11)13-9-7-6-8-10-13/h6-10,14H,1-5H3,(H,18,21). The number of hydrogen-bond donors (Lipinski definition) is 1. The van der Waals surface area contributed by atoms with E-state index in [0.29, 0.717) is 0 Å². The van der Waals surface area contributed by atoms with Crippen LogP contribution < -0.4 is 5.32 Å². The van der Waals surface area contributed by atoms with Gasteiger partial charge in [0.1, 0.15) is 0 Å². The molecule has 1 heterocycles. The van der Waals surface area contributed by atoms with E-state index in [-0.39, 0.29) is 18.0 Å². The van der Waals surface area contributed by atoms with Crippen molar-refractivity contribution >= 4 is 11.9 Å². The second kappa shape index (κ2) is 5.35. The van der Waals surface area contributed by atoms with Crippen molar-refractivity contribution < 1.29 is 9.59 Å². The number of urea groups is 1. The van der Waals surface area contributed by atoms with Crippen LogP contribution in [0.4, 0.5) is 4.79 Å². The number of imide groups is 1. The van der Waals surface area contributed by atoms with Crippen molar-refractivity contribution in [2.24, 2.45) is 5.41 Å². The first-order valence-electron chi connectivity index (χ1n) is 7.10. The van der Waals surface area contributed by atoms with E-state index in [1.165, 1.54) is 4.90 Å². The lowest BCUT2D eigenvalue weighted by atomic mass is 9.89. The molecule has 0 bridgehead atoms. The van der Waals surface area contributed by atoms with Gasteiger partial charge in [-0.05, 0) is 25.0 Å². The van der Waals surface area contributed by atoms with Crippen LogP contribution in [0.3, 0.4) is 0 Å². The van der Waals surface area contributed by atoms with Gasteiger partial charge in [-0.1, -0.05) is 51.1 Å². The minimum absolute atomic E-state index is 0.180. The van der Waals surface area contributed by atoms with E-state index in [0.717, 1.165) is 16.8 Å². The number of rotatable bonds is 1. The van der Waals surface area contributed by atoms with Crippen LogP contribution in [0.5, 0.6) is 0 Å². The molecule has 1 unspecified atom stereocenters. The molecular formula is C17H22N2O2. The minimum Gasteiger partial charge on any atom is -0.311 e. The van der Waals surface area contributed by atoms with E-state index in [1.807, 2.05) is 65.0 Å². The Morgan fingerprint density at radius 2 is 1.71 bits per heavy atom. The van der Waals surface area contributed by atoms with Crippen LogP contribution in [0.1, 0.15) is 46.2 Å². The third kappa shape index (κ3) is 2.84. The maximum Gasteiger partial charge on any atom is 0.329 e.